The summed E-state index contributed by atoms with van der Waals surface area (Å²) in [5, 5.41) is 6.09. The summed E-state index contributed by atoms with van der Waals surface area (Å²) in [7, 11) is 2.19. The number of carbonyl (C=O) groups is 1. The lowest BCUT2D eigenvalue weighted by atomic mass is 10.2. The Hall–Kier alpha value is -0.610. The summed E-state index contributed by atoms with van der Waals surface area (Å²) in [5.74, 6) is 0.0935. The van der Waals surface area contributed by atoms with Gasteiger partial charge in [0.05, 0.1) is 6.04 Å². The van der Waals surface area contributed by atoms with E-state index in [0.29, 0.717) is 6.54 Å². The van der Waals surface area contributed by atoms with E-state index in [1.807, 2.05) is 13.8 Å². The number of rotatable bonds is 7. The first-order valence-electron chi connectivity index (χ1n) is 6.86. The molecule has 17 heavy (non-hydrogen) atoms. The van der Waals surface area contributed by atoms with Crippen LogP contribution in [-0.4, -0.2) is 49.6 Å². The number of amides is 1. The fourth-order valence-corrected chi connectivity index (χ4v) is 2.41. The third-order valence-corrected chi connectivity index (χ3v) is 3.61. The van der Waals surface area contributed by atoms with Crippen molar-refractivity contribution in [2.45, 2.75) is 51.6 Å². The molecule has 0 aromatic rings. The molecule has 0 bridgehead atoms. The highest BCUT2D eigenvalue weighted by atomic mass is 16.2. The first kappa shape index (κ1) is 14.5. The van der Waals surface area contributed by atoms with Gasteiger partial charge in [-0.2, -0.15) is 0 Å². The van der Waals surface area contributed by atoms with Crippen LogP contribution in [0, 0.1) is 0 Å². The van der Waals surface area contributed by atoms with Crippen LogP contribution in [0.1, 0.15) is 39.5 Å². The molecule has 1 rings (SSSR count). The zero-order chi connectivity index (χ0) is 12.7. The monoisotopic (exact) mass is 241 g/mol. The van der Waals surface area contributed by atoms with Gasteiger partial charge in [-0.3, -0.25) is 4.79 Å². The molecule has 4 heteroatoms. The SMILES string of the molecule is CCNC(=O)C(C)NCCN(C)C1CCCC1. The molecule has 1 fully saturated rings. The van der Waals surface area contributed by atoms with Crippen LogP contribution in [0.2, 0.25) is 0 Å². The zero-order valence-electron chi connectivity index (χ0n) is 11.5. The van der Waals surface area contributed by atoms with E-state index in [4.69, 9.17) is 0 Å². The van der Waals surface area contributed by atoms with Crippen LogP contribution in [0.3, 0.4) is 0 Å². The second-order valence-electron chi connectivity index (χ2n) is 4.99. The van der Waals surface area contributed by atoms with Crippen molar-refractivity contribution in [1.29, 1.82) is 0 Å². The molecule has 2 N–H and O–H groups in total. The van der Waals surface area contributed by atoms with Gasteiger partial charge in [0, 0.05) is 25.7 Å². The van der Waals surface area contributed by atoms with Gasteiger partial charge in [-0.05, 0) is 33.7 Å². The van der Waals surface area contributed by atoms with E-state index in [9.17, 15) is 4.79 Å². The smallest absolute Gasteiger partial charge is 0.236 e. The molecule has 0 aliphatic heterocycles. The van der Waals surface area contributed by atoms with E-state index in [0.717, 1.165) is 19.1 Å². The molecule has 0 radical (unpaired) electrons. The zero-order valence-corrected chi connectivity index (χ0v) is 11.5. The fraction of sp³-hybridized carbons (Fsp3) is 0.923. The maximum absolute atomic E-state index is 11.5. The average molecular weight is 241 g/mol. The number of likely N-dealkylation sites (N-methyl/N-ethyl adjacent to an activating group) is 2. The van der Waals surface area contributed by atoms with Crippen molar-refractivity contribution >= 4 is 5.91 Å². The quantitative estimate of drug-likeness (QED) is 0.698. The van der Waals surface area contributed by atoms with Crippen molar-refractivity contribution in [2.24, 2.45) is 0 Å². The largest absolute Gasteiger partial charge is 0.355 e. The second-order valence-corrected chi connectivity index (χ2v) is 4.99. The van der Waals surface area contributed by atoms with Gasteiger partial charge in [-0.25, -0.2) is 0 Å². The van der Waals surface area contributed by atoms with Crippen LogP contribution in [-0.2, 0) is 4.79 Å². The molecular formula is C13H27N3O. The van der Waals surface area contributed by atoms with E-state index >= 15 is 0 Å². The Morgan fingerprint density at radius 2 is 2.06 bits per heavy atom. The molecule has 100 valence electrons. The molecule has 1 aliphatic rings. The molecule has 1 unspecified atom stereocenters. The van der Waals surface area contributed by atoms with Crippen molar-refractivity contribution in [3.8, 4) is 0 Å². The van der Waals surface area contributed by atoms with Crippen LogP contribution < -0.4 is 10.6 Å². The minimum absolute atomic E-state index is 0.0908. The highest BCUT2D eigenvalue weighted by Gasteiger charge is 2.19. The van der Waals surface area contributed by atoms with E-state index in [1.165, 1.54) is 25.7 Å². The van der Waals surface area contributed by atoms with Gasteiger partial charge in [0.2, 0.25) is 5.91 Å². The Bertz CT molecular complexity index is 227. The lowest BCUT2D eigenvalue weighted by Crippen LogP contribution is -2.45. The molecule has 0 saturated heterocycles. The Balaban J connectivity index is 2.11. The van der Waals surface area contributed by atoms with Crippen LogP contribution in [0.5, 0.6) is 0 Å². The normalized spacial score (nSPS) is 18.6. The summed E-state index contributed by atoms with van der Waals surface area (Å²) >= 11 is 0. The lowest BCUT2D eigenvalue weighted by Gasteiger charge is -2.24. The summed E-state index contributed by atoms with van der Waals surface area (Å²) < 4.78 is 0. The Labute approximate surface area is 105 Å². The van der Waals surface area contributed by atoms with Crippen molar-refractivity contribution < 1.29 is 4.79 Å². The van der Waals surface area contributed by atoms with E-state index in [1.54, 1.807) is 0 Å². The van der Waals surface area contributed by atoms with Crippen LogP contribution in [0.15, 0.2) is 0 Å². The Morgan fingerprint density at radius 3 is 2.65 bits per heavy atom. The Morgan fingerprint density at radius 1 is 1.41 bits per heavy atom. The Kier molecular flexibility index (Phi) is 6.52. The minimum Gasteiger partial charge on any atom is -0.355 e. The third-order valence-electron chi connectivity index (χ3n) is 3.61. The molecule has 0 aromatic heterocycles. The van der Waals surface area contributed by atoms with Crippen molar-refractivity contribution in [3.05, 3.63) is 0 Å². The lowest BCUT2D eigenvalue weighted by molar-refractivity contribution is -0.122. The second kappa shape index (κ2) is 7.67. The molecule has 0 heterocycles. The molecule has 1 amide bonds. The summed E-state index contributed by atoms with van der Waals surface area (Å²) in [4.78, 5) is 13.9. The standard InChI is InChI=1S/C13H27N3O/c1-4-14-13(17)11(2)15-9-10-16(3)12-7-5-6-8-12/h11-12,15H,4-10H2,1-3H3,(H,14,17). The van der Waals surface area contributed by atoms with Crippen molar-refractivity contribution in [2.75, 3.05) is 26.7 Å². The van der Waals surface area contributed by atoms with Crippen LogP contribution in [0.4, 0.5) is 0 Å². The number of hydrogen-bond acceptors (Lipinski definition) is 3. The number of nitrogens with zero attached hydrogens (tertiary/aromatic N) is 1. The molecule has 4 nitrogen and oxygen atoms in total. The molecule has 1 aliphatic carbocycles. The van der Waals surface area contributed by atoms with Gasteiger partial charge >= 0.3 is 0 Å². The van der Waals surface area contributed by atoms with Crippen LogP contribution >= 0.6 is 0 Å². The van der Waals surface area contributed by atoms with Gasteiger partial charge in [0.25, 0.3) is 0 Å². The molecule has 0 aromatic carbocycles. The van der Waals surface area contributed by atoms with Gasteiger partial charge in [0.15, 0.2) is 0 Å². The average Bonchev–Trinajstić information content (AvgIpc) is 2.82. The van der Waals surface area contributed by atoms with Gasteiger partial charge in [0.1, 0.15) is 0 Å². The first-order chi connectivity index (χ1) is 8.15. The highest BCUT2D eigenvalue weighted by molar-refractivity contribution is 5.81. The van der Waals surface area contributed by atoms with Gasteiger partial charge in [-0.15, -0.1) is 0 Å². The first-order valence-corrected chi connectivity index (χ1v) is 6.86. The number of nitrogens with one attached hydrogen (secondary N) is 2. The van der Waals surface area contributed by atoms with Gasteiger partial charge < -0.3 is 15.5 Å². The predicted octanol–water partition coefficient (Wildman–Crippen LogP) is 0.975. The predicted molar refractivity (Wildman–Crippen MR) is 71.0 cm³/mol. The summed E-state index contributed by atoms with van der Waals surface area (Å²) in [6.45, 7) is 6.46. The molecule has 0 spiro atoms. The minimum atomic E-state index is -0.0908. The van der Waals surface area contributed by atoms with Gasteiger partial charge in [-0.1, -0.05) is 12.8 Å². The summed E-state index contributed by atoms with van der Waals surface area (Å²) in [5.41, 5.74) is 0. The van der Waals surface area contributed by atoms with E-state index in [-0.39, 0.29) is 11.9 Å². The number of hydrogen-bond donors (Lipinski definition) is 2. The summed E-state index contributed by atoms with van der Waals surface area (Å²) in [6.07, 6.45) is 5.42. The molecule has 1 saturated carbocycles. The molecular weight excluding hydrogens is 214 g/mol. The van der Waals surface area contributed by atoms with Crippen molar-refractivity contribution in [1.82, 2.24) is 15.5 Å². The van der Waals surface area contributed by atoms with E-state index in [2.05, 4.69) is 22.6 Å². The van der Waals surface area contributed by atoms with E-state index < -0.39 is 0 Å². The number of carbonyl (C=O) groups excluding carboxylic acids is 1. The maximum Gasteiger partial charge on any atom is 0.236 e. The van der Waals surface area contributed by atoms with Crippen LogP contribution in [0.25, 0.3) is 0 Å². The molecule has 1 atom stereocenters. The van der Waals surface area contributed by atoms with Crippen molar-refractivity contribution in [3.63, 3.8) is 0 Å². The maximum atomic E-state index is 11.5. The summed E-state index contributed by atoms with van der Waals surface area (Å²) in [6, 6.07) is 0.670. The third kappa shape index (κ3) is 5.04. The highest BCUT2D eigenvalue weighted by Crippen LogP contribution is 2.21. The topological polar surface area (TPSA) is 44.4 Å². The fourth-order valence-electron chi connectivity index (χ4n) is 2.41.